The van der Waals surface area contributed by atoms with E-state index in [9.17, 15) is 5.11 Å². The van der Waals surface area contributed by atoms with Crippen molar-refractivity contribution in [1.29, 1.82) is 0 Å². The molecule has 3 aromatic rings. The van der Waals surface area contributed by atoms with E-state index in [1.54, 1.807) is 37.6 Å². The average molecular weight is 421 g/mol. The Labute approximate surface area is 183 Å². The quantitative estimate of drug-likeness (QED) is 0.564. The van der Waals surface area contributed by atoms with Crippen LogP contribution in [0.25, 0.3) is 22.4 Å². The summed E-state index contributed by atoms with van der Waals surface area (Å²) in [6.07, 6.45) is 13.9. The standard InChI is InChI=1S/C13H11N5O.C11H21N/c1-8-14-7-12(18-17-8)11-3-2-9(4-13(11)19)10-5-15-16-6-10;1-10-4-2-5-11(8-10)6-3-7-12-9-11/h2-7,19H,1H3,(H,15,16);10,12H,2-9H2,1H3. The van der Waals surface area contributed by atoms with E-state index in [0.29, 0.717) is 17.1 Å². The number of aromatic hydroxyl groups is 1. The van der Waals surface area contributed by atoms with Crippen LogP contribution in [-0.2, 0) is 0 Å². The van der Waals surface area contributed by atoms with Crippen LogP contribution in [0.3, 0.4) is 0 Å². The van der Waals surface area contributed by atoms with Crippen molar-refractivity contribution >= 4 is 0 Å². The lowest BCUT2D eigenvalue weighted by Gasteiger charge is -2.43. The second-order valence-corrected chi connectivity index (χ2v) is 9.09. The van der Waals surface area contributed by atoms with Crippen molar-refractivity contribution in [2.45, 2.75) is 52.4 Å². The normalized spacial score (nSPS) is 23.2. The van der Waals surface area contributed by atoms with Crippen LogP contribution in [0.2, 0.25) is 0 Å². The molecule has 2 aromatic heterocycles. The SMILES string of the molecule is CC1CCCC2(CCCNC2)C1.Cc1ncc(-c2ccc(-c3cn[nH]c3)cc2O)nn1. The van der Waals surface area contributed by atoms with E-state index < -0.39 is 0 Å². The van der Waals surface area contributed by atoms with Gasteiger partial charge in [0.1, 0.15) is 17.3 Å². The molecule has 3 N–H and O–H groups in total. The minimum absolute atomic E-state index is 0.138. The molecule has 0 amide bonds. The molecular weight excluding hydrogens is 388 g/mol. The Hall–Kier alpha value is -2.80. The number of phenols is 1. The molecule has 1 saturated heterocycles. The van der Waals surface area contributed by atoms with Crippen LogP contribution in [0.1, 0.15) is 51.3 Å². The minimum atomic E-state index is 0.138. The summed E-state index contributed by atoms with van der Waals surface area (Å²) in [6, 6.07) is 5.35. The molecule has 3 heterocycles. The van der Waals surface area contributed by atoms with Crippen LogP contribution in [0.15, 0.2) is 36.8 Å². The highest BCUT2D eigenvalue weighted by Crippen LogP contribution is 2.43. The summed E-state index contributed by atoms with van der Waals surface area (Å²) in [5.41, 5.74) is 3.66. The summed E-state index contributed by atoms with van der Waals surface area (Å²) in [7, 11) is 0. The largest absolute Gasteiger partial charge is 0.507 e. The molecule has 2 atom stereocenters. The third-order valence-electron chi connectivity index (χ3n) is 6.53. The van der Waals surface area contributed by atoms with E-state index in [2.05, 4.69) is 37.6 Å². The van der Waals surface area contributed by atoms with Crippen LogP contribution < -0.4 is 5.32 Å². The summed E-state index contributed by atoms with van der Waals surface area (Å²) < 4.78 is 0. The van der Waals surface area contributed by atoms with E-state index in [-0.39, 0.29) is 5.75 Å². The predicted octanol–water partition coefficient (Wildman–Crippen LogP) is 4.51. The number of aryl methyl sites for hydroxylation is 1. The van der Waals surface area contributed by atoms with Crippen LogP contribution in [-0.4, -0.2) is 43.6 Å². The molecule has 7 nitrogen and oxygen atoms in total. The zero-order valence-electron chi connectivity index (χ0n) is 18.4. The van der Waals surface area contributed by atoms with E-state index >= 15 is 0 Å². The minimum Gasteiger partial charge on any atom is -0.507 e. The Morgan fingerprint density at radius 1 is 1.10 bits per heavy atom. The van der Waals surface area contributed by atoms with Crippen molar-refractivity contribution in [3.63, 3.8) is 0 Å². The molecular formula is C24H32N6O. The fourth-order valence-electron chi connectivity index (χ4n) is 4.98. The number of hydrogen-bond donors (Lipinski definition) is 3. The second kappa shape index (κ2) is 9.56. The molecule has 2 fully saturated rings. The van der Waals surface area contributed by atoms with Crippen LogP contribution in [0, 0.1) is 18.3 Å². The molecule has 1 aliphatic carbocycles. The summed E-state index contributed by atoms with van der Waals surface area (Å²) >= 11 is 0. The first kappa shape index (κ1) is 21.4. The van der Waals surface area contributed by atoms with E-state index in [4.69, 9.17) is 0 Å². The third-order valence-corrected chi connectivity index (χ3v) is 6.53. The fraction of sp³-hybridized carbons (Fsp3) is 0.500. The van der Waals surface area contributed by atoms with Gasteiger partial charge in [0.25, 0.3) is 0 Å². The van der Waals surface area contributed by atoms with E-state index in [0.717, 1.165) is 22.5 Å². The molecule has 2 unspecified atom stereocenters. The van der Waals surface area contributed by atoms with Gasteiger partial charge in [0.2, 0.25) is 0 Å². The lowest BCUT2D eigenvalue weighted by atomic mass is 9.66. The summed E-state index contributed by atoms with van der Waals surface area (Å²) in [6.45, 7) is 6.75. The highest BCUT2D eigenvalue weighted by atomic mass is 16.3. The lowest BCUT2D eigenvalue weighted by Crippen LogP contribution is -2.42. The van der Waals surface area contributed by atoms with Gasteiger partial charge < -0.3 is 10.4 Å². The number of benzene rings is 1. The molecule has 1 saturated carbocycles. The van der Waals surface area contributed by atoms with Gasteiger partial charge in [-0.1, -0.05) is 25.8 Å². The Morgan fingerprint density at radius 3 is 2.61 bits per heavy atom. The predicted molar refractivity (Wildman–Crippen MR) is 121 cm³/mol. The van der Waals surface area contributed by atoms with Gasteiger partial charge in [-0.15, -0.1) is 10.2 Å². The summed E-state index contributed by atoms with van der Waals surface area (Å²) in [4.78, 5) is 4.07. The first-order valence-corrected chi connectivity index (χ1v) is 11.2. The molecule has 5 rings (SSSR count). The first-order chi connectivity index (χ1) is 15.0. The number of H-pyrrole nitrogens is 1. The van der Waals surface area contributed by atoms with Gasteiger partial charge in [-0.25, -0.2) is 4.98 Å². The highest BCUT2D eigenvalue weighted by Gasteiger charge is 2.35. The van der Waals surface area contributed by atoms with Crippen LogP contribution >= 0.6 is 0 Å². The fourth-order valence-corrected chi connectivity index (χ4v) is 4.98. The van der Waals surface area contributed by atoms with Crippen LogP contribution in [0.4, 0.5) is 0 Å². The number of aromatic amines is 1. The van der Waals surface area contributed by atoms with Crippen molar-refractivity contribution in [3.05, 3.63) is 42.6 Å². The molecule has 1 spiro atoms. The number of phenolic OH excluding ortho intramolecular Hbond substituents is 1. The maximum atomic E-state index is 10.1. The zero-order valence-corrected chi connectivity index (χ0v) is 18.4. The number of rotatable bonds is 2. The second-order valence-electron chi connectivity index (χ2n) is 9.09. The van der Waals surface area contributed by atoms with Gasteiger partial charge in [-0.05, 0) is 68.2 Å². The first-order valence-electron chi connectivity index (χ1n) is 11.2. The molecule has 31 heavy (non-hydrogen) atoms. The Bertz CT molecular complexity index is 959. The Balaban J connectivity index is 0.000000166. The molecule has 7 heteroatoms. The molecule has 1 aromatic carbocycles. The summed E-state index contributed by atoms with van der Waals surface area (Å²) in [5.74, 6) is 1.72. The number of piperidine rings is 1. The van der Waals surface area contributed by atoms with Gasteiger partial charge in [0, 0.05) is 23.9 Å². The van der Waals surface area contributed by atoms with Crippen LogP contribution in [0.5, 0.6) is 5.75 Å². The smallest absolute Gasteiger partial charge is 0.147 e. The molecule has 0 radical (unpaired) electrons. The maximum Gasteiger partial charge on any atom is 0.147 e. The molecule has 0 bridgehead atoms. The number of hydrogen-bond acceptors (Lipinski definition) is 6. The van der Waals surface area contributed by atoms with Gasteiger partial charge in [-0.3, -0.25) is 5.10 Å². The third kappa shape index (κ3) is 5.28. The molecule has 1 aliphatic heterocycles. The number of nitrogens with zero attached hydrogens (tertiary/aromatic N) is 4. The summed E-state index contributed by atoms with van der Waals surface area (Å²) in [5, 5.41) is 28.2. The van der Waals surface area contributed by atoms with Crippen molar-refractivity contribution in [1.82, 2.24) is 30.7 Å². The Morgan fingerprint density at radius 2 is 1.97 bits per heavy atom. The molecule has 2 aliphatic rings. The highest BCUT2D eigenvalue weighted by molar-refractivity contribution is 5.73. The van der Waals surface area contributed by atoms with Crippen molar-refractivity contribution in [2.75, 3.05) is 13.1 Å². The lowest BCUT2D eigenvalue weighted by molar-refractivity contribution is 0.108. The van der Waals surface area contributed by atoms with Gasteiger partial charge in [0.15, 0.2) is 0 Å². The number of aromatic nitrogens is 5. The monoisotopic (exact) mass is 420 g/mol. The van der Waals surface area contributed by atoms with Gasteiger partial charge in [-0.2, -0.15) is 5.10 Å². The maximum absolute atomic E-state index is 10.1. The van der Waals surface area contributed by atoms with E-state index in [1.165, 1.54) is 51.6 Å². The van der Waals surface area contributed by atoms with Crippen molar-refractivity contribution in [2.24, 2.45) is 11.3 Å². The topological polar surface area (TPSA) is 99.6 Å². The van der Waals surface area contributed by atoms with Gasteiger partial charge >= 0.3 is 0 Å². The Kier molecular flexibility index (Phi) is 6.61. The zero-order chi connectivity index (χ0) is 21.7. The average Bonchev–Trinajstić information content (AvgIpc) is 3.30. The molecule has 164 valence electrons. The van der Waals surface area contributed by atoms with Crippen molar-refractivity contribution in [3.8, 4) is 28.1 Å². The van der Waals surface area contributed by atoms with Gasteiger partial charge in [0.05, 0.1) is 12.4 Å². The van der Waals surface area contributed by atoms with Crippen molar-refractivity contribution < 1.29 is 5.11 Å². The van der Waals surface area contributed by atoms with E-state index in [1.807, 2.05) is 6.07 Å². The number of nitrogens with one attached hydrogen (secondary N) is 2.